The number of carbonyl (C=O) groups is 1. The molecule has 0 aliphatic carbocycles. The van der Waals surface area contributed by atoms with Crippen molar-refractivity contribution >= 4 is 16.0 Å². The van der Waals surface area contributed by atoms with Crippen molar-refractivity contribution in [2.75, 3.05) is 5.75 Å². The summed E-state index contributed by atoms with van der Waals surface area (Å²) in [4.78, 5) is 12.4. The smallest absolute Gasteiger partial charge is 0.266 e. The van der Waals surface area contributed by atoms with E-state index in [4.69, 9.17) is 0 Å². The van der Waals surface area contributed by atoms with Gasteiger partial charge >= 0.3 is 0 Å². The molecule has 0 fully saturated rings. The molecule has 4 N–H and O–H groups in total. The second kappa shape index (κ2) is 22.3. The van der Waals surface area contributed by atoms with Crippen molar-refractivity contribution in [1.82, 2.24) is 5.32 Å². The molecule has 3 unspecified atom stereocenters. The van der Waals surface area contributed by atoms with Crippen LogP contribution >= 0.6 is 0 Å². The summed E-state index contributed by atoms with van der Waals surface area (Å²) in [7, 11) is -4.39. The lowest BCUT2D eigenvalue weighted by Gasteiger charge is -2.24. The molecule has 0 heterocycles. The van der Waals surface area contributed by atoms with E-state index in [9.17, 15) is 28.0 Å². The van der Waals surface area contributed by atoms with Gasteiger partial charge in [0.2, 0.25) is 5.91 Å². The van der Waals surface area contributed by atoms with E-state index in [0.29, 0.717) is 19.3 Å². The van der Waals surface area contributed by atoms with E-state index in [1.807, 2.05) is 0 Å². The highest BCUT2D eigenvalue weighted by molar-refractivity contribution is 7.85. The zero-order valence-electron chi connectivity index (χ0n) is 22.3. The first kappa shape index (κ1) is 34.0. The first-order valence-electron chi connectivity index (χ1n) is 14.0. The maximum absolute atomic E-state index is 12.4. The van der Waals surface area contributed by atoms with Crippen LogP contribution in [0.3, 0.4) is 0 Å². The minimum Gasteiger partial charge on any atom is -0.391 e. The van der Waals surface area contributed by atoms with Crippen LogP contribution < -0.4 is 5.32 Å². The minimum atomic E-state index is -4.39. The first-order chi connectivity index (χ1) is 16.7. The van der Waals surface area contributed by atoms with E-state index >= 15 is 0 Å². The molecule has 0 bridgehead atoms. The molecule has 0 aromatic carbocycles. The Morgan fingerprint density at radius 2 is 1.23 bits per heavy atom. The zero-order chi connectivity index (χ0) is 26.4. The first-order valence-corrected chi connectivity index (χ1v) is 15.6. The highest BCUT2D eigenvalue weighted by atomic mass is 32.2. The van der Waals surface area contributed by atoms with Gasteiger partial charge in [-0.05, 0) is 32.1 Å². The molecule has 0 rings (SSSR count). The molecule has 1 amide bonds. The molecule has 0 aliphatic rings. The van der Waals surface area contributed by atoms with Gasteiger partial charge < -0.3 is 15.5 Å². The Labute approximate surface area is 214 Å². The Kier molecular flexibility index (Phi) is 21.6. The van der Waals surface area contributed by atoms with Gasteiger partial charge in [0.05, 0.1) is 17.9 Å². The zero-order valence-corrected chi connectivity index (χ0v) is 23.1. The molecule has 0 spiro atoms. The number of hydrogen-bond donors (Lipinski definition) is 4. The molecule has 7 nitrogen and oxygen atoms in total. The van der Waals surface area contributed by atoms with Crippen LogP contribution in [-0.2, 0) is 14.9 Å². The number of carbonyl (C=O) groups excluding carboxylic acids is 1. The Morgan fingerprint density at radius 1 is 0.743 bits per heavy atom. The molecule has 0 saturated heterocycles. The van der Waals surface area contributed by atoms with Gasteiger partial charge in [0.15, 0.2) is 0 Å². The van der Waals surface area contributed by atoms with Gasteiger partial charge in [-0.1, -0.05) is 109 Å². The molecule has 35 heavy (non-hydrogen) atoms. The van der Waals surface area contributed by atoms with Gasteiger partial charge in [-0.3, -0.25) is 9.35 Å². The van der Waals surface area contributed by atoms with E-state index in [2.05, 4.69) is 31.3 Å². The maximum Gasteiger partial charge on any atom is 0.266 e. The third-order valence-corrected chi connectivity index (χ3v) is 7.11. The van der Waals surface area contributed by atoms with Crippen molar-refractivity contribution in [3.63, 3.8) is 0 Å². The minimum absolute atomic E-state index is 0.283. The molecular weight excluding hydrogens is 466 g/mol. The van der Waals surface area contributed by atoms with E-state index in [0.717, 1.165) is 51.4 Å². The summed E-state index contributed by atoms with van der Waals surface area (Å²) in [5.74, 6) is -1.47. The van der Waals surface area contributed by atoms with Crippen molar-refractivity contribution in [1.29, 1.82) is 0 Å². The number of aliphatic hydroxyl groups is 2. The molecule has 0 radical (unpaired) electrons. The second-order valence-corrected chi connectivity index (χ2v) is 11.3. The predicted octanol–water partition coefficient (Wildman–Crippen LogP) is 5.70. The Balaban J connectivity index is 4.27. The number of aliphatic hydroxyl groups excluding tert-OH is 2. The fourth-order valence-corrected chi connectivity index (χ4v) is 4.84. The Hall–Kier alpha value is -0.960. The van der Waals surface area contributed by atoms with Gasteiger partial charge in [-0.25, -0.2) is 0 Å². The third-order valence-electron chi connectivity index (χ3n) is 6.33. The SMILES string of the molecule is CCCC/C=C\CCCCCCC(O)C(=O)NC(CS(=O)(=O)O)C(O)CCCCCCCCCC. The van der Waals surface area contributed by atoms with E-state index in [1.165, 1.54) is 38.5 Å². The summed E-state index contributed by atoms with van der Waals surface area (Å²) in [6.07, 6.45) is 19.7. The van der Waals surface area contributed by atoms with Crippen LogP contribution in [0.25, 0.3) is 0 Å². The normalized spacial score (nSPS) is 14.8. The number of amides is 1. The van der Waals surface area contributed by atoms with Crippen molar-refractivity contribution in [3.8, 4) is 0 Å². The lowest BCUT2D eigenvalue weighted by molar-refractivity contribution is -0.131. The van der Waals surface area contributed by atoms with Crippen LogP contribution in [0.1, 0.15) is 129 Å². The van der Waals surface area contributed by atoms with Gasteiger partial charge in [0.25, 0.3) is 10.1 Å². The number of hydrogen-bond acceptors (Lipinski definition) is 5. The lowest BCUT2D eigenvalue weighted by atomic mass is 10.0. The quantitative estimate of drug-likeness (QED) is 0.0737. The number of rotatable bonds is 24. The van der Waals surface area contributed by atoms with Crippen LogP contribution in [0, 0.1) is 0 Å². The molecule has 0 aromatic heterocycles. The third kappa shape index (κ3) is 22.0. The van der Waals surface area contributed by atoms with Gasteiger partial charge in [0.1, 0.15) is 6.10 Å². The summed E-state index contributed by atoms with van der Waals surface area (Å²) in [6, 6.07) is -1.14. The highest BCUT2D eigenvalue weighted by Crippen LogP contribution is 2.14. The average Bonchev–Trinajstić information content (AvgIpc) is 2.80. The largest absolute Gasteiger partial charge is 0.391 e. The fraction of sp³-hybridized carbons (Fsp3) is 0.889. The maximum atomic E-state index is 12.4. The summed E-state index contributed by atoms with van der Waals surface area (Å²) < 4.78 is 32.0. The van der Waals surface area contributed by atoms with Gasteiger partial charge in [-0.2, -0.15) is 8.42 Å². The van der Waals surface area contributed by atoms with Crippen LogP contribution in [0.2, 0.25) is 0 Å². The topological polar surface area (TPSA) is 124 Å². The lowest BCUT2D eigenvalue weighted by Crippen LogP contribution is -2.50. The second-order valence-electron chi connectivity index (χ2n) is 9.82. The highest BCUT2D eigenvalue weighted by Gasteiger charge is 2.28. The van der Waals surface area contributed by atoms with Crippen LogP contribution in [-0.4, -0.2) is 53.1 Å². The van der Waals surface area contributed by atoms with Crippen molar-refractivity contribution in [3.05, 3.63) is 12.2 Å². The Morgan fingerprint density at radius 3 is 1.80 bits per heavy atom. The van der Waals surface area contributed by atoms with Gasteiger partial charge in [0, 0.05) is 0 Å². The molecule has 0 aliphatic heterocycles. The van der Waals surface area contributed by atoms with E-state index in [-0.39, 0.29) is 6.42 Å². The van der Waals surface area contributed by atoms with E-state index < -0.39 is 40.0 Å². The van der Waals surface area contributed by atoms with Crippen LogP contribution in [0.5, 0.6) is 0 Å². The molecule has 0 aromatic rings. The summed E-state index contributed by atoms with van der Waals surface area (Å²) in [5, 5.41) is 23.1. The molecule has 8 heteroatoms. The molecule has 0 saturated carbocycles. The number of allylic oxidation sites excluding steroid dienone is 2. The van der Waals surface area contributed by atoms with Crippen molar-refractivity contribution in [2.45, 2.75) is 148 Å². The van der Waals surface area contributed by atoms with Crippen molar-refractivity contribution in [2.24, 2.45) is 0 Å². The summed E-state index contributed by atoms with van der Waals surface area (Å²) >= 11 is 0. The summed E-state index contributed by atoms with van der Waals surface area (Å²) in [5.41, 5.74) is 0. The Bertz CT molecular complexity index is 638. The molecular formula is C27H53NO6S. The average molecular weight is 520 g/mol. The fourth-order valence-electron chi connectivity index (χ4n) is 4.09. The number of nitrogens with one attached hydrogen (secondary N) is 1. The van der Waals surface area contributed by atoms with Crippen LogP contribution in [0.4, 0.5) is 0 Å². The van der Waals surface area contributed by atoms with Gasteiger partial charge in [-0.15, -0.1) is 0 Å². The van der Waals surface area contributed by atoms with Crippen LogP contribution in [0.15, 0.2) is 12.2 Å². The van der Waals surface area contributed by atoms with Crippen molar-refractivity contribution < 1.29 is 28.0 Å². The monoisotopic (exact) mass is 519 g/mol. The predicted molar refractivity (Wildman–Crippen MR) is 144 cm³/mol. The standard InChI is InChI=1S/C27H53NO6S/c1-3-5-7-9-11-13-14-16-18-20-22-26(30)27(31)28-24(23-35(32,33)34)25(29)21-19-17-15-12-10-8-6-4-2/h9,11,24-26,29-30H,3-8,10,12-23H2,1-2H3,(H,28,31)(H,32,33,34)/b11-9-. The number of unbranched alkanes of at least 4 members (excludes halogenated alkanes) is 13. The van der Waals surface area contributed by atoms with E-state index in [1.54, 1.807) is 0 Å². The molecule has 208 valence electrons. The molecule has 3 atom stereocenters. The summed E-state index contributed by atoms with van der Waals surface area (Å²) in [6.45, 7) is 4.36.